The van der Waals surface area contributed by atoms with E-state index in [0.29, 0.717) is 6.42 Å². The van der Waals surface area contributed by atoms with E-state index in [2.05, 4.69) is 0 Å². The standard InChI is InChI=1S/C10H13NO3.ClH/c11-8(9(12)10(13)14)6-7-4-2-1-3-5-7;/h1-5,8-9,12H,6,11H2,(H,13,14);1H/t8-,9+;/m1./s1. The lowest BCUT2D eigenvalue weighted by Gasteiger charge is -2.14. The summed E-state index contributed by atoms with van der Waals surface area (Å²) in [6, 6.07) is 8.46. The van der Waals surface area contributed by atoms with Crippen molar-refractivity contribution in [3.05, 3.63) is 35.9 Å². The summed E-state index contributed by atoms with van der Waals surface area (Å²) in [7, 11) is 0. The van der Waals surface area contributed by atoms with E-state index in [1.165, 1.54) is 0 Å². The molecule has 4 N–H and O–H groups in total. The number of hydrogen-bond acceptors (Lipinski definition) is 3. The summed E-state index contributed by atoms with van der Waals surface area (Å²) in [5, 5.41) is 17.6. The Labute approximate surface area is 94.1 Å². The van der Waals surface area contributed by atoms with Gasteiger partial charge in [-0.15, -0.1) is 12.4 Å². The summed E-state index contributed by atoms with van der Waals surface area (Å²) in [4.78, 5) is 10.4. The van der Waals surface area contributed by atoms with Crippen LogP contribution in [0.15, 0.2) is 30.3 Å². The van der Waals surface area contributed by atoms with Gasteiger partial charge >= 0.3 is 5.97 Å². The predicted molar refractivity (Wildman–Crippen MR) is 59.0 cm³/mol. The lowest BCUT2D eigenvalue weighted by molar-refractivity contribution is -0.147. The Kier molecular flexibility index (Phi) is 5.93. The molecule has 0 aliphatic heterocycles. The van der Waals surface area contributed by atoms with E-state index >= 15 is 0 Å². The second-order valence-electron chi connectivity index (χ2n) is 3.14. The molecule has 4 nitrogen and oxygen atoms in total. The Bertz CT molecular complexity index is 305. The molecule has 0 radical (unpaired) electrons. The van der Waals surface area contributed by atoms with E-state index in [0.717, 1.165) is 5.56 Å². The fourth-order valence-electron chi connectivity index (χ4n) is 1.18. The van der Waals surface area contributed by atoms with Crippen LogP contribution in [0, 0.1) is 0 Å². The van der Waals surface area contributed by atoms with Gasteiger partial charge in [-0.2, -0.15) is 0 Å². The highest BCUT2D eigenvalue weighted by Gasteiger charge is 2.21. The molecule has 1 aromatic rings. The molecule has 2 atom stereocenters. The molecule has 0 saturated heterocycles. The molecule has 0 spiro atoms. The van der Waals surface area contributed by atoms with E-state index in [1.54, 1.807) is 0 Å². The molecule has 0 bridgehead atoms. The van der Waals surface area contributed by atoms with Crippen LogP contribution in [0.1, 0.15) is 5.56 Å². The Morgan fingerprint density at radius 3 is 2.33 bits per heavy atom. The Morgan fingerprint density at radius 1 is 1.33 bits per heavy atom. The van der Waals surface area contributed by atoms with Gasteiger partial charge in [0.2, 0.25) is 0 Å². The molecular weight excluding hydrogens is 218 g/mol. The van der Waals surface area contributed by atoms with Crippen molar-refractivity contribution < 1.29 is 15.0 Å². The molecular formula is C10H14ClNO3. The summed E-state index contributed by atoms with van der Waals surface area (Å²) in [6.45, 7) is 0. The third-order valence-corrected chi connectivity index (χ3v) is 1.97. The second kappa shape index (κ2) is 6.40. The van der Waals surface area contributed by atoms with Crippen LogP contribution in [0.4, 0.5) is 0 Å². The Balaban J connectivity index is 0.00000196. The number of nitrogens with two attached hydrogens (primary N) is 1. The molecule has 0 aliphatic rings. The normalized spacial score (nSPS) is 13.7. The molecule has 0 aliphatic carbocycles. The zero-order valence-corrected chi connectivity index (χ0v) is 8.85. The average Bonchev–Trinajstić information content (AvgIpc) is 2.18. The van der Waals surface area contributed by atoms with Gasteiger partial charge in [-0.3, -0.25) is 0 Å². The third kappa shape index (κ3) is 4.29. The summed E-state index contributed by atoms with van der Waals surface area (Å²) < 4.78 is 0. The summed E-state index contributed by atoms with van der Waals surface area (Å²) in [6.07, 6.45) is -1.15. The zero-order valence-electron chi connectivity index (χ0n) is 8.04. The number of hydrogen-bond donors (Lipinski definition) is 3. The van der Waals surface area contributed by atoms with Crippen molar-refractivity contribution in [2.75, 3.05) is 0 Å². The first-order chi connectivity index (χ1) is 6.61. The van der Waals surface area contributed by atoms with Gasteiger partial charge in [-0.25, -0.2) is 4.79 Å². The topological polar surface area (TPSA) is 83.5 Å². The molecule has 15 heavy (non-hydrogen) atoms. The number of carboxylic acids is 1. The first kappa shape index (κ1) is 13.9. The zero-order chi connectivity index (χ0) is 10.6. The van der Waals surface area contributed by atoms with Crippen LogP contribution in [0.2, 0.25) is 0 Å². The average molecular weight is 232 g/mol. The van der Waals surface area contributed by atoms with Crippen molar-refractivity contribution in [1.29, 1.82) is 0 Å². The highest BCUT2D eigenvalue weighted by molar-refractivity contribution is 5.85. The van der Waals surface area contributed by atoms with Crippen LogP contribution in [0.25, 0.3) is 0 Å². The molecule has 1 rings (SSSR count). The van der Waals surface area contributed by atoms with Gasteiger partial charge in [0.25, 0.3) is 0 Å². The number of carbonyl (C=O) groups is 1. The highest BCUT2D eigenvalue weighted by Crippen LogP contribution is 2.04. The van der Waals surface area contributed by atoms with Gasteiger partial charge in [0.1, 0.15) is 0 Å². The van der Waals surface area contributed by atoms with Crippen molar-refractivity contribution in [2.45, 2.75) is 18.6 Å². The lowest BCUT2D eigenvalue weighted by Crippen LogP contribution is -2.41. The quantitative estimate of drug-likeness (QED) is 0.702. The van der Waals surface area contributed by atoms with Crippen LogP contribution < -0.4 is 5.73 Å². The SMILES string of the molecule is Cl.N[C@H](Cc1ccccc1)[C@H](O)C(=O)O. The maximum atomic E-state index is 10.4. The van der Waals surface area contributed by atoms with E-state index in [9.17, 15) is 4.79 Å². The molecule has 0 unspecified atom stereocenters. The summed E-state index contributed by atoms with van der Waals surface area (Å²) in [5.41, 5.74) is 6.44. The van der Waals surface area contributed by atoms with E-state index in [1.807, 2.05) is 30.3 Å². The molecule has 0 aromatic heterocycles. The highest BCUT2D eigenvalue weighted by atomic mass is 35.5. The number of rotatable bonds is 4. The minimum Gasteiger partial charge on any atom is -0.479 e. The number of aliphatic carboxylic acids is 1. The van der Waals surface area contributed by atoms with E-state index < -0.39 is 18.1 Å². The molecule has 0 saturated carbocycles. The van der Waals surface area contributed by atoms with Crippen LogP contribution >= 0.6 is 12.4 Å². The number of aliphatic hydroxyl groups is 1. The number of benzene rings is 1. The van der Waals surface area contributed by atoms with Gasteiger partial charge in [0.05, 0.1) is 0 Å². The van der Waals surface area contributed by atoms with Crippen LogP contribution in [-0.2, 0) is 11.2 Å². The summed E-state index contributed by atoms with van der Waals surface area (Å²) >= 11 is 0. The number of halogens is 1. The van der Waals surface area contributed by atoms with Gasteiger partial charge in [-0.1, -0.05) is 30.3 Å². The fraction of sp³-hybridized carbons (Fsp3) is 0.300. The first-order valence-corrected chi connectivity index (χ1v) is 4.31. The van der Waals surface area contributed by atoms with Crippen LogP contribution in [-0.4, -0.2) is 28.3 Å². The van der Waals surface area contributed by atoms with Gasteiger partial charge in [0, 0.05) is 6.04 Å². The minimum atomic E-state index is -1.50. The Hall–Kier alpha value is -1.10. The smallest absolute Gasteiger partial charge is 0.334 e. The third-order valence-electron chi connectivity index (χ3n) is 1.97. The summed E-state index contributed by atoms with van der Waals surface area (Å²) in [5.74, 6) is -1.28. The van der Waals surface area contributed by atoms with Crippen molar-refractivity contribution >= 4 is 18.4 Å². The molecule has 5 heteroatoms. The molecule has 1 aromatic carbocycles. The molecule has 0 amide bonds. The minimum absolute atomic E-state index is 0. The number of carboxylic acid groups (broad SMARTS) is 1. The Morgan fingerprint density at radius 2 is 1.87 bits per heavy atom. The van der Waals surface area contributed by atoms with Crippen LogP contribution in [0.3, 0.4) is 0 Å². The number of aliphatic hydroxyl groups excluding tert-OH is 1. The van der Waals surface area contributed by atoms with Crippen molar-refractivity contribution in [3.63, 3.8) is 0 Å². The monoisotopic (exact) mass is 231 g/mol. The van der Waals surface area contributed by atoms with Crippen molar-refractivity contribution in [2.24, 2.45) is 5.73 Å². The fourth-order valence-corrected chi connectivity index (χ4v) is 1.18. The molecule has 0 fully saturated rings. The molecule has 84 valence electrons. The van der Waals surface area contributed by atoms with E-state index in [-0.39, 0.29) is 12.4 Å². The van der Waals surface area contributed by atoms with Gasteiger partial charge in [-0.05, 0) is 12.0 Å². The van der Waals surface area contributed by atoms with Gasteiger partial charge in [0.15, 0.2) is 6.10 Å². The van der Waals surface area contributed by atoms with Gasteiger partial charge < -0.3 is 15.9 Å². The maximum Gasteiger partial charge on any atom is 0.334 e. The first-order valence-electron chi connectivity index (χ1n) is 4.31. The maximum absolute atomic E-state index is 10.4. The molecule has 0 heterocycles. The van der Waals surface area contributed by atoms with Crippen LogP contribution in [0.5, 0.6) is 0 Å². The van der Waals surface area contributed by atoms with E-state index in [4.69, 9.17) is 15.9 Å². The lowest BCUT2D eigenvalue weighted by atomic mass is 10.0. The van der Waals surface area contributed by atoms with Crippen molar-refractivity contribution in [3.8, 4) is 0 Å². The second-order valence-corrected chi connectivity index (χ2v) is 3.14. The largest absolute Gasteiger partial charge is 0.479 e. The van der Waals surface area contributed by atoms with Crippen molar-refractivity contribution in [1.82, 2.24) is 0 Å². The predicted octanol–water partition coefficient (Wildman–Crippen LogP) is 0.424.